The van der Waals surface area contributed by atoms with Gasteiger partial charge in [0.1, 0.15) is 35.3 Å². The van der Waals surface area contributed by atoms with Crippen LogP contribution >= 0.6 is 11.3 Å². The van der Waals surface area contributed by atoms with E-state index in [0.29, 0.717) is 5.00 Å². The Morgan fingerprint density at radius 1 is 1.17 bits per heavy atom. The predicted octanol–water partition coefficient (Wildman–Crippen LogP) is 5.29. The van der Waals surface area contributed by atoms with Gasteiger partial charge in [0.15, 0.2) is 4.88 Å². The first-order chi connectivity index (χ1) is 14.5. The van der Waals surface area contributed by atoms with Gasteiger partial charge >= 0.3 is 5.97 Å². The van der Waals surface area contributed by atoms with E-state index in [1.807, 2.05) is 22.8 Å². The number of esters is 1. The third kappa shape index (κ3) is 3.78. The number of aromatic nitrogens is 2. The second-order valence-electron chi connectivity index (χ2n) is 6.59. The number of rotatable bonds is 6. The summed E-state index contributed by atoms with van der Waals surface area (Å²) >= 11 is 1.19. The van der Waals surface area contributed by atoms with E-state index in [9.17, 15) is 13.6 Å². The monoisotopic (exact) mass is 428 g/mol. The SMILES string of the molecule is CCc1ccc2ncn(-c3cc(OCc4ccc(F)cc4F)c(C(=O)OC)s3)c2c1. The van der Waals surface area contributed by atoms with Crippen molar-refractivity contribution in [1.82, 2.24) is 9.55 Å². The Hall–Kier alpha value is -3.26. The Balaban J connectivity index is 1.71. The van der Waals surface area contributed by atoms with E-state index in [4.69, 9.17) is 9.47 Å². The molecule has 0 atom stereocenters. The van der Waals surface area contributed by atoms with Crippen molar-refractivity contribution in [3.8, 4) is 10.8 Å². The first kappa shape index (κ1) is 20.0. The molecule has 0 unspecified atom stereocenters. The summed E-state index contributed by atoms with van der Waals surface area (Å²) in [6.07, 6.45) is 2.57. The molecule has 0 N–H and O–H groups in total. The van der Waals surface area contributed by atoms with Gasteiger partial charge in [0.05, 0.1) is 18.1 Å². The molecule has 0 spiro atoms. The smallest absolute Gasteiger partial charge is 0.351 e. The summed E-state index contributed by atoms with van der Waals surface area (Å²) in [4.78, 5) is 16.9. The Morgan fingerprint density at radius 2 is 2.00 bits per heavy atom. The molecule has 0 aliphatic heterocycles. The second-order valence-corrected chi connectivity index (χ2v) is 7.62. The van der Waals surface area contributed by atoms with Crippen LogP contribution < -0.4 is 4.74 Å². The molecule has 2 heterocycles. The van der Waals surface area contributed by atoms with Crippen LogP contribution in [0.15, 0.2) is 48.8 Å². The van der Waals surface area contributed by atoms with Crippen LogP contribution in [0.3, 0.4) is 0 Å². The van der Waals surface area contributed by atoms with Crippen molar-refractivity contribution in [1.29, 1.82) is 0 Å². The lowest BCUT2D eigenvalue weighted by molar-refractivity contribution is 0.0601. The fourth-order valence-electron chi connectivity index (χ4n) is 3.07. The van der Waals surface area contributed by atoms with Crippen LogP contribution in [0.25, 0.3) is 16.0 Å². The third-order valence-electron chi connectivity index (χ3n) is 4.71. The number of methoxy groups -OCH3 is 1. The summed E-state index contributed by atoms with van der Waals surface area (Å²) in [5.74, 6) is -1.67. The molecule has 5 nitrogen and oxygen atoms in total. The van der Waals surface area contributed by atoms with Crippen molar-refractivity contribution in [3.63, 3.8) is 0 Å². The van der Waals surface area contributed by atoms with Gasteiger partial charge in [-0.2, -0.15) is 0 Å². The van der Waals surface area contributed by atoms with Gasteiger partial charge in [-0.05, 0) is 36.2 Å². The molecule has 0 bridgehead atoms. The lowest BCUT2D eigenvalue weighted by atomic mass is 10.1. The molecule has 8 heteroatoms. The van der Waals surface area contributed by atoms with E-state index in [2.05, 4.69) is 11.9 Å². The predicted molar refractivity (Wildman–Crippen MR) is 110 cm³/mol. The number of fused-ring (bicyclic) bond motifs is 1. The van der Waals surface area contributed by atoms with Gasteiger partial charge in [-0.25, -0.2) is 18.6 Å². The number of carbonyl (C=O) groups is 1. The first-order valence-electron chi connectivity index (χ1n) is 9.25. The fraction of sp³-hybridized carbons (Fsp3) is 0.182. The van der Waals surface area contributed by atoms with E-state index >= 15 is 0 Å². The summed E-state index contributed by atoms with van der Waals surface area (Å²) < 4.78 is 39.5. The van der Waals surface area contributed by atoms with Crippen molar-refractivity contribution in [3.05, 3.63) is 76.4 Å². The summed E-state index contributed by atoms with van der Waals surface area (Å²) in [7, 11) is 1.28. The molecule has 0 fully saturated rings. The Bertz CT molecular complexity index is 1230. The third-order valence-corrected chi connectivity index (χ3v) is 5.81. The Morgan fingerprint density at radius 3 is 2.73 bits per heavy atom. The second kappa shape index (κ2) is 8.23. The molecule has 4 rings (SSSR count). The highest BCUT2D eigenvalue weighted by Gasteiger charge is 2.21. The number of halogens is 2. The van der Waals surface area contributed by atoms with Crippen LogP contribution in [-0.2, 0) is 17.8 Å². The van der Waals surface area contributed by atoms with Crippen LogP contribution in [-0.4, -0.2) is 22.6 Å². The van der Waals surface area contributed by atoms with E-state index in [0.717, 1.165) is 35.2 Å². The number of benzene rings is 2. The Kier molecular flexibility index (Phi) is 5.50. The molecule has 0 radical (unpaired) electrons. The summed E-state index contributed by atoms with van der Waals surface area (Å²) in [5.41, 5.74) is 3.08. The summed E-state index contributed by atoms with van der Waals surface area (Å²) in [6, 6.07) is 11.0. The van der Waals surface area contributed by atoms with Crippen LogP contribution in [0.1, 0.15) is 27.7 Å². The normalized spacial score (nSPS) is 11.1. The molecule has 4 aromatic rings. The number of hydrogen-bond donors (Lipinski definition) is 0. The van der Waals surface area contributed by atoms with E-state index in [1.165, 1.54) is 24.5 Å². The van der Waals surface area contributed by atoms with E-state index in [1.54, 1.807) is 12.4 Å². The highest BCUT2D eigenvalue weighted by Crippen LogP contribution is 2.35. The number of ether oxygens (including phenoxy) is 2. The van der Waals surface area contributed by atoms with E-state index in [-0.39, 0.29) is 22.8 Å². The van der Waals surface area contributed by atoms with Gasteiger partial charge in [-0.3, -0.25) is 4.57 Å². The highest BCUT2D eigenvalue weighted by atomic mass is 32.1. The zero-order valence-corrected chi connectivity index (χ0v) is 17.1. The largest absolute Gasteiger partial charge is 0.487 e. The maximum absolute atomic E-state index is 13.9. The molecule has 154 valence electrons. The minimum Gasteiger partial charge on any atom is -0.487 e. The van der Waals surface area contributed by atoms with Crippen molar-refractivity contribution >= 4 is 28.3 Å². The van der Waals surface area contributed by atoms with Crippen LogP contribution in [0.5, 0.6) is 5.75 Å². The maximum atomic E-state index is 13.9. The van der Waals surface area contributed by atoms with Crippen molar-refractivity contribution in [2.75, 3.05) is 7.11 Å². The molecule has 0 saturated heterocycles. The summed E-state index contributed by atoms with van der Waals surface area (Å²) in [5, 5.41) is 0.709. The molecule has 0 saturated carbocycles. The Labute approximate surface area is 175 Å². The van der Waals surface area contributed by atoms with Crippen LogP contribution in [0.4, 0.5) is 8.78 Å². The fourth-order valence-corrected chi connectivity index (χ4v) is 4.07. The molecule has 0 aliphatic carbocycles. The lowest BCUT2D eigenvalue weighted by Crippen LogP contribution is -2.04. The number of aryl methyl sites for hydroxylation is 1. The minimum atomic E-state index is -0.710. The van der Waals surface area contributed by atoms with Gasteiger partial charge in [0.2, 0.25) is 0 Å². The number of hydrogen-bond acceptors (Lipinski definition) is 5. The zero-order chi connectivity index (χ0) is 21.3. The molecular weight excluding hydrogens is 410 g/mol. The minimum absolute atomic E-state index is 0.156. The molecule has 0 aliphatic rings. The number of thiophene rings is 1. The van der Waals surface area contributed by atoms with Crippen molar-refractivity contribution in [2.24, 2.45) is 0 Å². The molecule has 0 amide bonds. The zero-order valence-electron chi connectivity index (χ0n) is 16.3. The van der Waals surface area contributed by atoms with Crippen LogP contribution in [0, 0.1) is 11.6 Å². The molecular formula is C22H18F2N2O3S. The lowest BCUT2D eigenvalue weighted by Gasteiger charge is -2.07. The maximum Gasteiger partial charge on any atom is 0.351 e. The standard InChI is InChI=1S/C22H18F2N2O3S/c1-3-13-4-7-17-18(8-13)26(12-25-17)20-10-19(21(30-20)22(27)28-2)29-11-14-5-6-15(23)9-16(14)24/h4-10,12H,3,11H2,1-2H3. The quantitative estimate of drug-likeness (QED) is 0.392. The average molecular weight is 428 g/mol. The highest BCUT2D eigenvalue weighted by molar-refractivity contribution is 7.16. The van der Waals surface area contributed by atoms with Gasteiger partial charge in [0.25, 0.3) is 0 Å². The summed E-state index contributed by atoms with van der Waals surface area (Å²) in [6.45, 7) is 1.92. The number of imidazole rings is 1. The average Bonchev–Trinajstić information content (AvgIpc) is 3.36. The van der Waals surface area contributed by atoms with Gasteiger partial charge < -0.3 is 9.47 Å². The van der Waals surface area contributed by atoms with Gasteiger partial charge in [-0.15, -0.1) is 11.3 Å². The first-order valence-corrected chi connectivity index (χ1v) is 10.1. The van der Waals surface area contributed by atoms with Crippen molar-refractivity contribution < 1.29 is 23.0 Å². The molecule has 2 aromatic heterocycles. The van der Waals surface area contributed by atoms with Gasteiger partial charge in [0, 0.05) is 17.7 Å². The van der Waals surface area contributed by atoms with Crippen molar-refractivity contribution in [2.45, 2.75) is 20.0 Å². The number of carbonyl (C=O) groups excluding carboxylic acids is 1. The number of nitrogens with zero attached hydrogens (tertiary/aromatic N) is 2. The van der Waals surface area contributed by atoms with Gasteiger partial charge in [-0.1, -0.05) is 13.0 Å². The van der Waals surface area contributed by atoms with Crippen LogP contribution in [0.2, 0.25) is 0 Å². The van der Waals surface area contributed by atoms with E-state index < -0.39 is 17.6 Å². The topological polar surface area (TPSA) is 53.4 Å². The molecule has 2 aromatic carbocycles. The molecule has 30 heavy (non-hydrogen) atoms.